The Bertz CT molecular complexity index is 679. The van der Waals surface area contributed by atoms with Gasteiger partial charge in [0.1, 0.15) is 0 Å². The van der Waals surface area contributed by atoms with Crippen LogP contribution in [0, 0.1) is 0 Å². The SMILES string of the molecule is CCCCNC(=O)NCC1(C)N=C(N)N(Cc2cccc(Cl)c2)C1=O. The molecule has 4 N–H and O–H groups in total. The number of unbranched alkanes of at least 4 members (excludes halogenated alkanes) is 1. The van der Waals surface area contributed by atoms with Crippen LogP contribution in [0.25, 0.3) is 0 Å². The second kappa shape index (κ2) is 8.20. The zero-order valence-corrected chi connectivity index (χ0v) is 15.3. The molecule has 3 amide bonds. The Morgan fingerprint density at radius 3 is 2.84 bits per heavy atom. The van der Waals surface area contributed by atoms with Crippen molar-refractivity contribution in [3.8, 4) is 0 Å². The molecular formula is C17H24ClN5O2. The quantitative estimate of drug-likeness (QED) is 0.643. The molecular weight excluding hydrogens is 342 g/mol. The molecule has 0 bridgehead atoms. The monoisotopic (exact) mass is 365 g/mol. The maximum atomic E-state index is 12.7. The van der Waals surface area contributed by atoms with Crippen LogP contribution in [0.1, 0.15) is 32.3 Å². The van der Waals surface area contributed by atoms with Crippen LogP contribution in [-0.2, 0) is 11.3 Å². The van der Waals surface area contributed by atoms with Gasteiger partial charge >= 0.3 is 6.03 Å². The molecule has 0 saturated carbocycles. The molecule has 1 heterocycles. The van der Waals surface area contributed by atoms with Gasteiger partial charge in [-0.05, 0) is 31.0 Å². The van der Waals surface area contributed by atoms with E-state index in [4.69, 9.17) is 17.3 Å². The number of hydrogen-bond donors (Lipinski definition) is 3. The molecule has 1 aromatic carbocycles. The number of nitrogens with zero attached hydrogens (tertiary/aromatic N) is 2. The van der Waals surface area contributed by atoms with Crippen molar-refractivity contribution in [2.75, 3.05) is 13.1 Å². The number of aliphatic imine (C=N–C) groups is 1. The summed E-state index contributed by atoms with van der Waals surface area (Å²) in [6, 6.07) is 6.90. The summed E-state index contributed by atoms with van der Waals surface area (Å²) in [6.07, 6.45) is 1.90. The smallest absolute Gasteiger partial charge is 0.314 e. The maximum absolute atomic E-state index is 12.7. The first-order chi connectivity index (χ1) is 11.9. The molecule has 0 fully saturated rings. The van der Waals surface area contributed by atoms with Crippen molar-refractivity contribution in [2.45, 2.75) is 38.8 Å². The normalized spacial score (nSPS) is 19.7. The van der Waals surface area contributed by atoms with Crippen LogP contribution in [0.5, 0.6) is 0 Å². The summed E-state index contributed by atoms with van der Waals surface area (Å²) < 4.78 is 0. The van der Waals surface area contributed by atoms with Crippen LogP contribution in [0.4, 0.5) is 4.79 Å². The molecule has 0 saturated heterocycles. The predicted molar refractivity (Wildman–Crippen MR) is 98.3 cm³/mol. The number of nitrogens with two attached hydrogens (primary N) is 1. The van der Waals surface area contributed by atoms with Crippen LogP contribution < -0.4 is 16.4 Å². The van der Waals surface area contributed by atoms with Crippen molar-refractivity contribution in [1.29, 1.82) is 0 Å². The van der Waals surface area contributed by atoms with Gasteiger partial charge in [-0.25, -0.2) is 9.79 Å². The highest BCUT2D eigenvalue weighted by molar-refractivity contribution is 6.30. The summed E-state index contributed by atoms with van der Waals surface area (Å²) in [6.45, 7) is 4.67. The van der Waals surface area contributed by atoms with Gasteiger partial charge in [0, 0.05) is 11.6 Å². The summed E-state index contributed by atoms with van der Waals surface area (Å²) in [4.78, 5) is 30.2. The first kappa shape index (κ1) is 19.1. The number of carbonyl (C=O) groups excluding carboxylic acids is 2. The minimum atomic E-state index is -1.11. The van der Waals surface area contributed by atoms with E-state index in [1.807, 2.05) is 19.1 Å². The van der Waals surface area contributed by atoms with Crippen LogP contribution in [0.3, 0.4) is 0 Å². The van der Waals surface area contributed by atoms with E-state index in [1.165, 1.54) is 4.90 Å². The Hall–Kier alpha value is -2.28. The maximum Gasteiger partial charge on any atom is 0.314 e. The second-order valence-corrected chi connectivity index (χ2v) is 6.66. The number of amides is 3. The van der Waals surface area contributed by atoms with Crippen LogP contribution in [0.2, 0.25) is 5.02 Å². The molecule has 1 unspecified atom stereocenters. The van der Waals surface area contributed by atoms with Gasteiger partial charge in [-0.2, -0.15) is 0 Å². The van der Waals surface area contributed by atoms with E-state index >= 15 is 0 Å². The van der Waals surface area contributed by atoms with Gasteiger partial charge < -0.3 is 16.4 Å². The van der Waals surface area contributed by atoms with E-state index in [-0.39, 0.29) is 31.0 Å². The number of benzene rings is 1. The third-order valence-corrected chi connectivity index (χ3v) is 4.22. The van der Waals surface area contributed by atoms with E-state index in [0.717, 1.165) is 18.4 Å². The fraction of sp³-hybridized carbons (Fsp3) is 0.471. The molecule has 1 aliphatic rings. The highest BCUT2D eigenvalue weighted by Gasteiger charge is 2.44. The number of guanidine groups is 1. The Balaban J connectivity index is 1.96. The van der Waals surface area contributed by atoms with Crippen molar-refractivity contribution < 1.29 is 9.59 Å². The summed E-state index contributed by atoms with van der Waals surface area (Å²) in [5.74, 6) is -0.112. The van der Waals surface area contributed by atoms with Crippen molar-refractivity contribution in [3.05, 3.63) is 34.9 Å². The van der Waals surface area contributed by atoms with Crippen LogP contribution in [-0.4, -0.2) is 41.4 Å². The minimum Gasteiger partial charge on any atom is -0.369 e. The number of carbonyl (C=O) groups is 2. The molecule has 1 aromatic rings. The van der Waals surface area contributed by atoms with Gasteiger partial charge in [0.15, 0.2) is 11.5 Å². The lowest BCUT2D eigenvalue weighted by Crippen LogP contribution is -2.50. The fourth-order valence-electron chi connectivity index (χ4n) is 2.54. The molecule has 7 nitrogen and oxygen atoms in total. The van der Waals surface area contributed by atoms with E-state index in [9.17, 15) is 9.59 Å². The average molecular weight is 366 g/mol. The predicted octanol–water partition coefficient (Wildman–Crippen LogP) is 1.85. The minimum absolute atomic E-state index is 0.0799. The molecule has 1 atom stereocenters. The molecule has 136 valence electrons. The van der Waals surface area contributed by atoms with Gasteiger partial charge in [0.25, 0.3) is 5.91 Å². The topological polar surface area (TPSA) is 99.8 Å². The summed E-state index contributed by atoms with van der Waals surface area (Å²) in [5.41, 5.74) is 5.68. The van der Waals surface area contributed by atoms with Gasteiger partial charge in [-0.15, -0.1) is 0 Å². The van der Waals surface area contributed by atoms with Crippen LogP contribution >= 0.6 is 11.6 Å². The summed E-state index contributed by atoms with van der Waals surface area (Å²) in [5, 5.41) is 6.02. The molecule has 25 heavy (non-hydrogen) atoms. The van der Waals surface area contributed by atoms with E-state index < -0.39 is 5.54 Å². The highest BCUT2D eigenvalue weighted by atomic mass is 35.5. The van der Waals surface area contributed by atoms with Crippen molar-refractivity contribution >= 4 is 29.5 Å². The number of urea groups is 1. The number of rotatable bonds is 7. The highest BCUT2D eigenvalue weighted by Crippen LogP contribution is 2.23. The molecule has 0 spiro atoms. The van der Waals surface area contributed by atoms with Crippen molar-refractivity contribution in [3.63, 3.8) is 0 Å². The average Bonchev–Trinajstić information content (AvgIpc) is 2.77. The molecule has 1 aliphatic heterocycles. The zero-order valence-electron chi connectivity index (χ0n) is 14.5. The van der Waals surface area contributed by atoms with E-state index in [1.54, 1.807) is 19.1 Å². The molecule has 2 rings (SSSR count). The molecule has 0 radical (unpaired) electrons. The van der Waals surface area contributed by atoms with Gasteiger partial charge in [-0.1, -0.05) is 37.1 Å². The van der Waals surface area contributed by atoms with Gasteiger partial charge in [-0.3, -0.25) is 9.69 Å². The summed E-state index contributed by atoms with van der Waals surface area (Å²) >= 11 is 5.98. The van der Waals surface area contributed by atoms with Gasteiger partial charge in [0.2, 0.25) is 0 Å². The molecule has 0 aliphatic carbocycles. The fourth-order valence-corrected chi connectivity index (χ4v) is 2.75. The standard InChI is InChI=1S/C17H24ClN5O2/c1-3-4-8-20-16(25)21-11-17(2)14(24)23(15(19)22-17)10-12-6-5-7-13(18)9-12/h5-7,9H,3-4,8,10-11H2,1-2H3,(H2,19,22)(H2,20,21,25). The van der Waals surface area contributed by atoms with Crippen molar-refractivity contribution in [1.82, 2.24) is 15.5 Å². The lowest BCUT2D eigenvalue weighted by molar-refractivity contribution is -0.130. The lowest BCUT2D eigenvalue weighted by atomic mass is 10.0. The number of nitrogens with one attached hydrogen (secondary N) is 2. The Labute approximate surface area is 152 Å². The second-order valence-electron chi connectivity index (χ2n) is 6.23. The Morgan fingerprint density at radius 2 is 2.16 bits per heavy atom. The number of hydrogen-bond acceptors (Lipinski definition) is 4. The third-order valence-electron chi connectivity index (χ3n) is 3.98. The lowest BCUT2D eigenvalue weighted by Gasteiger charge is -2.22. The van der Waals surface area contributed by atoms with Crippen LogP contribution in [0.15, 0.2) is 29.3 Å². The molecule has 0 aromatic heterocycles. The largest absolute Gasteiger partial charge is 0.369 e. The summed E-state index contributed by atoms with van der Waals surface area (Å²) in [7, 11) is 0. The van der Waals surface area contributed by atoms with Crippen molar-refractivity contribution in [2.24, 2.45) is 10.7 Å². The van der Waals surface area contributed by atoms with E-state index in [2.05, 4.69) is 15.6 Å². The Morgan fingerprint density at radius 1 is 1.40 bits per heavy atom. The number of halogens is 1. The van der Waals surface area contributed by atoms with Gasteiger partial charge in [0.05, 0.1) is 13.1 Å². The Kier molecular flexibility index (Phi) is 6.25. The zero-order chi connectivity index (χ0) is 18.4. The van der Waals surface area contributed by atoms with E-state index in [0.29, 0.717) is 11.6 Å². The molecule has 8 heteroatoms. The first-order valence-corrected chi connectivity index (χ1v) is 8.67. The first-order valence-electron chi connectivity index (χ1n) is 8.29. The third kappa shape index (κ3) is 4.85.